The molecule has 0 heterocycles. The van der Waals surface area contributed by atoms with Crippen LogP contribution in [-0.4, -0.2) is 17.7 Å². The van der Waals surface area contributed by atoms with Gasteiger partial charge in [0.1, 0.15) is 11.8 Å². The Balaban J connectivity index is 3.32. The second-order valence-corrected chi connectivity index (χ2v) is 2.96. The molecule has 16 heavy (non-hydrogen) atoms. The summed E-state index contributed by atoms with van der Waals surface area (Å²) in [7, 11) is 0. The van der Waals surface area contributed by atoms with Gasteiger partial charge in [-0.05, 0) is 24.6 Å². The Hall–Kier alpha value is -2.16. The molecule has 0 aliphatic carbocycles. The molecule has 0 bridgehead atoms. The molecule has 1 aromatic carbocycles. The van der Waals surface area contributed by atoms with Crippen molar-refractivity contribution in [2.45, 2.75) is 13.5 Å². The van der Waals surface area contributed by atoms with Crippen molar-refractivity contribution >= 4 is 5.97 Å². The highest BCUT2D eigenvalue weighted by molar-refractivity contribution is 5.88. The quantitative estimate of drug-likeness (QED) is 0.858. The minimum Gasteiger partial charge on any atom is -0.478 e. The molecule has 0 aliphatic rings. The molecular weight excluding hydrogens is 220 g/mol. The Labute approximate surface area is 89.7 Å². The highest BCUT2D eigenvalue weighted by Crippen LogP contribution is 2.25. The third kappa shape index (κ3) is 2.45. The van der Waals surface area contributed by atoms with E-state index in [1.165, 1.54) is 13.0 Å². The Kier molecular flexibility index (Phi) is 3.40. The Morgan fingerprint density at radius 3 is 2.62 bits per heavy atom. The molecule has 0 atom stereocenters. The number of rotatable bonds is 3. The van der Waals surface area contributed by atoms with E-state index in [0.29, 0.717) is 0 Å². The van der Waals surface area contributed by atoms with E-state index in [1.54, 1.807) is 6.07 Å². The number of carboxylic acid groups (broad SMARTS) is 1. The fourth-order valence-corrected chi connectivity index (χ4v) is 1.21. The van der Waals surface area contributed by atoms with E-state index in [9.17, 15) is 13.6 Å². The fraction of sp³-hybridized carbons (Fsp3) is 0.200. The van der Waals surface area contributed by atoms with Crippen LogP contribution in [0.2, 0.25) is 0 Å². The highest BCUT2D eigenvalue weighted by Gasteiger charge is 2.15. The van der Waals surface area contributed by atoms with E-state index < -0.39 is 18.3 Å². The minimum atomic E-state index is -3.10. The maximum absolute atomic E-state index is 12.0. The number of benzene rings is 1. The molecule has 0 saturated carbocycles. The van der Waals surface area contributed by atoms with Gasteiger partial charge in [0.15, 0.2) is 0 Å². The van der Waals surface area contributed by atoms with Crippen LogP contribution in [0.3, 0.4) is 0 Å². The second kappa shape index (κ2) is 4.57. The number of hydrogen-bond acceptors (Lipinski definition) is 3. The topological polar surface area (TPSA) is 70.3 Å². The third-order valence-corrected chi connectivity index (χ3v) is 1.87. The van der Waals surface area contributed by atoms with Crippen molar-refractivity contribution in [1.82, 2.24) is 0 Å². The Morgan fingerprint density at radius 1 is 1.56 bits per heavy atom. The maximum atomic E-state index is 12.0. The number of aryl methyl sites for hydroxylation is 1. The van der Waals surface area contributed by atoms with E-state index in [1.807, 2.05) is 0 Å². The lowest BCUT2D eigenvalue weighted by Crippen LogP contribution is -2.07. The summed E-state index contributed by atoms with van der Waals surface area (Å²) >= 11 is 0. The van der Waals surface area contributed by atoms with Crippen molar-refractivity contribution < 1.29 is 23.4 Å². The summed E-state index contributed by atoms with van der Waals surface area (Å²) in [5.41, 5.74) is -0.0181. The van der Waals surface area contributed by atoms with Gasteiger partial charge in [-0.25, -0.2) is 4.79 Å². The second-order valence-electron chi connectivity index (χ2n) is 2.96. The Morgan fingerprint density at radius 2 is 2.19 bits per heavy atom. The van der Waals surface area contributed by atoms with Crippen molar-refractivity contribution in [3.8, 4) is 11.8 Å². The number of nitrogens with zero attached hydrogens (tertiary/aromatic N) is 1. The van der Waals surface area contributed by atoms with Gasteiger partial charge >= 0.3 is 12.6 Å². The first-order chi connectivity index (χ1) is 7.45. The summed E-state index contributed by atoms with van der Waals surface area (Å²) in [6.07, 6.45) is 0. The minimum absolute atomic E-state index is 0.0923. The lowest BCUT2D eigenvalue weighted by Gasteiger charge is -2.09. The summed E-state index contributed by atoms with van der Waals surface area (Å²) in [4.78, 5) is 10.7. The van der Waals surface area contributed by atoms with Crippen LogP contribution in [0.15, 0.2) is 12.1 Å². The molecule has 0 unspecified atom stereocenters. The standard InChI is InChI=1S/C10H7F2NO3/c1-5-2-6(9(14)15)3-8(7(5)4-13)16-10(11)12/h2-3,10H,1H3,(H,14,15). The van der Waals surface area contributed by atoms with E-state index in [4.69, 9.17) is 10.4 Å². The number of aromatic carboxylic acids is 1. The molecule has 0 radical (unpaired) electrons. The summed E-state index contributed by atoms with van der Waals surface area (Å²) in [5, 5.41) is 17.4. The first-order valence-electron chi connectivity index (χ1n) is 4.18. The number of carboxylic acids is 1. The van der Waals surface area contributed by atoms with E-state index in [0.717, 1.165) is 6.07 Å². The maximum Gasteiger partial charge on any atom is 0.387 e. The molecule has 1 rings (SSSR count). The van der Waals surface area contributed by atoms with Crippen LogP contribution in [0.1, 0.15) is 21.5 Å². The van der Waals surface area contributed by atoms with Gasteiger partial charge in [0, 0.05) is 0 Å². The molecule has 0 amide bonds. The third-order valence-electron chi connectivity index (χ3n) is 1.87. The molecule has 0 fully saturated rings. The summed E-state index contributed by atoms with van der Waals surface area (Å²) in [6, 6.07) is 3.81. The number of nitriles is 1. The SMILES string of the molecule is Cc1cc(C(=O)O)cc(OC(F)F)c1C#N. The van der Waals surface area contributed by atoms with E-state index >= 15 is 0 Å². The van der Waals surface area contributed by atoms with Gasteiger partial charge < -0.3 is 9.84 Å². The van der Waals surface area contributed by atoms with Crippen LogP contribution in [0.25, 0.3) is 0 Å². The van der Waals surface area contributed by atoms with E-state index in [2.05, 4.69) is 4.74 Å². The molecule has 4 nitrogen and oxygen atoms in total. The van der Waals surface area contributed by atoms with Crippen LogP contribution in [0.4, 0.5) is 8.78 Å². The molecule has 6 heteroatoms. The molecule has 1 aromatic rings. The molecule has 0 aliphatic heterocycles. The molecule has 0 aromatic heterocycles. The van der Waals surface area contributed by atoms with Gasteiger partial charge in [0.25, 0.3) is 0 Å². The normalized spacial score (nSPS) is 9.94. The summed E-state index contributed by atoms with van der Waals surface area (Å²) in [6.45, 7) is -1.65. The molecular formula is C10H7F2NO3. The molecule has 84 valence electrons. The van der Waals surface area contributed by atoms with Crippen LogP contribution in [-0.2, 0) is 0 Å². The molecule has 1 N–H and O–H groups in total. The zero-order chi connectivity index (χ0) is 12.3. The van der Waals surface area contributed by atoms with Crippen LogP contribution in [0, 0.1) is 18.3 Å². The number of carbonyl (C=O) groups is 1. The van der Waals surface area contributed by atoms with Gasteiger partial charge in [0.2, 0.25) is 0 Å². The van der Waals surface area contributed by atoms with Gasteiger partial charge in [-0.15, -0.1) is 0 Å². The van der Waals surface area contributed by atoms with Gasteiger partial charge in [-0.3, -0.25) is 0 Å². The number of alkyl halides is 2. The number of halogens is 2. The number of ether oxygens (including phenoxy) is 1. The predicted octanol–water partition coefficient (Wildman–Crippen LogP) is 2.17. The molecule has 0 spiro atoms. The summed E-state index contributed by atoms with van der Waals surface area (Å²) < 4.78 is 28.1. The average Bonchev–Trinajstić information content (AvgIpc) is 2.16. The van der Waals surface area contributed by atoms with Crippen LogP contribution < -0.4 is 4.74 Å². The van der Waals surface area contributed by atoms with Gasteiger partial charge in [-0.2, -0.15) is 14.0 Å². The van der Waals surface area contributed by atoms with Crippen molar-refractivity contribution in [1.29, 1.82) is 5.26 Å². The summed E-state index contributed by atoms with van der Waals surface area (Å²) in [5.74, 6) is -1.69. The largest absolute Gasteiger partial charge is 0.478 e. The first-order valence-corrected chi connectivity index (χ1v) is 4.18. The lowest BCUT2D eigenvalue weighted by molar-refractivity contribution is -0.0501. The Bertz CT molecular complexity index is 466. The zero-order valence-corrected chi connectivity index (χ0v) is 8.20. The van der Waals surface area contributed by atoms with Crippen LogP contribution >= 0.6 is 0 Å². The predicted molar refractivity (Wildman–Crippen MR) is 49.5 cm³/mol. The zero-order valence-electron chi connectivity index (χ0n) is 8.20. The van der Waals surface area contributed by atoms with Gasteiger partial charge in [0.05, 0.1) is 11.1 Å². The molecule has 0 saturated heterocycles. The highest BCUT2D eigenvalue weighted by atomic mass is 19.3. The van der Waals surface area contributed by atoms with Gasteiger partial charge in [-0.1, -0.05) is 0 Å². The van der Waals surface area contributed by atoms with Crippen LogP contribution in [0.5, 0.6) is 5.75 Å². The van der Waals surface area contributed by atoms with Crippen molar-refractivity contribution in [3.05, 3.63) is 28.8 Å². The van der Waals surface area contributed by atoms with Crippen molar-refractivity contribution in [2.24, 2.45) is 0 Å². The first kappa shape index (κ1) is 11.9. The van der Waals surface area contributed by atoms with E-state index in [-0.39, 0.29) is 16.7 Å². The van der Waals surface area contributed by atoms with Crippen molar-refractivity contribution in [3.63, 3.8) is 0 Å². The smallest absolute Gasteiger partial charge is 0.387 e. The average molecular weight is 227 g/mol. The fourth-order valence-electron chi connectivity index (χ4n) is 1.21. The lowest BCUT2D eigenvalue weighted by atomic mass is 10.0. The van der Waals surface area contributed by atoms with Crippen molar-refractivity contribution in [2.75, 3.05) is 0 Å². The monoisotopic (exact) mass is 227 g/mol. The number of hydrogen-bond donors (Lipinski definition) is 1.